The highest BCUT2D eigenvalue weighted by Crippen LogP contribution is 2.20. The first kappa shape index (κ1) is 11.1. The van der Waals surface area contributed by atoms with E-state index in [1.807, 2.05) is 25.1 Å². The molecule has 0 aliphatic rings. The van der Waals surface area contributed by atoms with Gasteiger partial charge in [-0.05, 0) is 37.9 Å². The molecule has 0 saturated carbocycles. The number of unbranched alkanes of at least 4 members (excludes halogenated alkanes) is 2. The third-order valence-corrected chi connectivity index (χ3v) is 2.75. The zero-order valence-corrected chi connectivity index (χ0v) is 9.70. The summed E-state index contributed by atoms with van der Waals surface area (Å²) in [6, 6.07) is 6.05. The van der Waals surface area contributed by atoms with Crippen LogP contribution in [0, 0.1) is 6.92 Å². The minimum atomic E-state index is 0.771. The minimum absolute atomic E-state index is 0.771. The summed E-state index contributed by atoms with van der Waals surface area (Å²) in [6.07, 6.45) is 4.24. The van der Waals surface area contributed by atoms with E-state index in [-0.39, 0.29) is 0 Å². The number of nitrogens with zero attached hydrogens (tertiary/aromatic N) is 1. The van der Waals surface area contributed by atoms with Crippen molar-refractivity contribution in [1.82, 2.24) is 4.98 Å². The summed E-state index contributed by atoms with van der Waals surface area (Å²) in [4.78, 5) is 4.47. The molecule has 0 aliphatic carbocycles. The zero-order chi connectivity index (χ0) is 11.4. The number of rotatable bonds is 5. The monoisotopic (exact) mass is 218 g/mol. The molecule has 16 heavy (non-hydrogen) atoms. The number of aromatic nitrogens is 1. The van der Waals surface area contributed by atoms with Crippen molar-refractivity contribution in [1.29, 1.82) is 0 Å². The van der Waals surface area contributed by atoms with Gasteiger partial charge in [0.15, 0.2) is 11.5 Å². The fourth-order valence-electron chi connectivity index (χ4n) is 1.84. The summed E-state index contributed by atoms with van der Waals surface area (Å²) in [6.45, 7) is 2.82. The standard InChI is InChI=1S/C13H18N2O/c1-10-6-5-7-11-13(10)16-12(15-11)8-3-2-4-9-14/h5-7H,2-4,8-9,14H2,1H3. The van der Waals surface area contributed by atoms with E-state index in [9.17, 15) is 0 Å². The third-order valence-electron chi connectivity index (χ3n) is 2.75. The van der Waals surface area contributed by atoms with Crippen LogP contribution >= 0.6 is 0 Å². The second-order valence-electron chi connectivity index (χ2n) is 4.13. The van der Waals surface area contributed by atoms with Crippen LogP contribution in [-0.2, 0) is 6.42 Å². The van der Waals surface area contributed by atoms with E-state index in [1.54, 1.807) is 0 Å². The van der Waals surface area contributed by atoms with E-state index in [1.165, 1.54) is 0 Å². The molecule has 86 valence electrons. The first-order chi connectivity index (χ1) is 7.81. The van der Waals surface area contributed by atoms with Crippen molar-refractivity contribution in [3.05, 3.63) is 29.7 Å². The summed E-state index contributed by atoms with van der Waals surface area (Å²) >= 11 is 0. The van der Waals surface area contributed by atoms with Crippen LogP contribution in [0.5, 0.6) is 0 Å². The van der Waals surface area contributed by atoms with Crippen molar-refractivity contribution in [2.45, 2.75) is 32.6 Å². The molecule has 3 nitrogen and oxygen atoms in total. The molecule has 2 aromatic rings. The van der Waals surface area contributed by atoms with E-state index in [4.69, 9.17) is 10.2 Å². The van der Waals surface area contributed by atoms with Crippen LogP contribution in [0.4, 0.5) is 0 Å². The first-order valence-corrected chi connectivity index (χ1v) is 5.86. The van der Waals surface area contributed by atoms with Crippen molar-refractivity contribution in [2.24, 2.45) is 5.73 Å². The fraction of sp³-hybridized carbons (Fsp3) is 0.462. The largest absolute Gasteiger partial charge is 0.440 e. The Bertz CT molecular complexity index is 462. The third kappa shape index (κ3) is 2.42. The Morgan fingerprint density at radius 3 is 2.88 bits per heavy atom. The van der Waals surface area contributed by atoms with Crippen LogP contribution < -0.4 is 5.73 Å². The number of oxazole rings is 1. The Morgan fingerprint density at radius 1 is 1.25 bits per heavy atom. The van der Waals surface area contributed by atoms with E-state index in [0.29, 0.717) is 0 Å². The van der Waals surface area contributed by atoms with Gasteiger partial charge in [-0.15, -0.1) is 0 Å². The molecular weight excluding hydrogens is 200 g/mol. The Labute approximate surface area is 95.7 Å². The highest BCUT2D eigenvalue weighted by Gasteiger charge is 2.06. The maximum absolute atomic E-state index is 5.74. The number of aryl methyl sites for hydroxylation is 2. The normalized spacial score (nSPS) is 11.1. The van der Waals surface area contributed by atoms with Gasteiger partial charge in [-0.3, -0.25) is 0 Å². The van der Waals surface area contributed by atoms with E-state index < -0.39 is 0 Å². The zero-order valence-electron chi connectivity index (χ0n) is 9.70. The Morgan fingerprint density at radius 2 is 2.12 bits per heavy atom. The number of hydrogen-bond donors (Lipinski definition) is 1. The lowest BCUT2D eigenvalue weighted by Crippen LogP contribution is -1.98. The Hall–Kier alpha value is -1.35. The van der Waals surface area contributed by atoms with Gasteiger partial charge in [0.25, 0.3) is 0 Å². The van der Waals surface area contributed by atoms with Gasteiger partial charge in [-0.1, -0.05) is 18.6 Å². The molecule has 0 aliphatic heterocycles. The van der Waals surface area contributed by atoms with Gasteiger partial charge in [0, 0.05) is 6.42 Å². The summed E-state index contributed by atoms with van der Waals surface area (Å²) in [5, 5.41) is 0. The average molecular weight is 218 g/mol. The van der Waals surface area contributed by atoms with E-state index >= 15 is 0 Å². The maximum atomic E-state index is 5.74. The molecule has 1 heterocycles. The van der Waals surface area contributed by atoms with Crippen LogP contribution in [0.3, 0.4) is 0 Å². The Balaban J connectivity index is 2.05. The summed E-state index contributed by atoms with van der Waals surface area (Å²) < 4.78 is 5.74. The van der Waals surface area contributed by atoms with Crippen LogP contribution in [0.1, 0.15) is 30.7 Å². The predicted octanol–water partition coefficient (Wildman–Crippen LogP) is 2.81. The molecule has 3 heteroatoms. The molecule has 1 aromatic heterocycles. The van der Waals surface area contributed by atoms with E-state index in [2.05, 4.69) is 4.98 Å². The number of nitrogens with two attached hydrogens (primary N) is 1. The molecule has 2 N–H and O–H groups in total. The molecule has 0 bridgehead atoms. The number of para-hydroxylation sites is 1. The van der Waals surface area contributed by atoms with Gasteiger partial charge in [0.2, 0.25) is 0 Å². The minimum Gasteiger partial charge on any atom is -0.440 e. The molecule has 0 atom stereocenters. The van der Waals surface area contributed by atoms with Crippen LogP contribution in [0.25, 0.3) is 11.1 Å². The van der Waals surface area contributed by atoms with Crippen molar-refractivity contribution in [2.75, 3.05) is 6.54 Å². The molecule has 0 fully saturated rings. The smallest absolute Gasteiger partial charge is 0.195 e. The summed E-state index contributed by atoms with van der Waals surface area (Å²) in [7, 11) is 0. The lowest BCUT2D eigenvalue weighted by atomic mass is 10.2. The molecule has 2 rings (SSSR count). The van der Waals surface area contributed by atoms with Crippen molar-refractivity contribution in [3.63, 3.8) is 0 Å². The SMILES string of the molecule is Cc1cccc2nc(CCCCCN)oc12. The van der Waals surface area contributed by atoms with Crippen molar-refractivity contribution < 1.29 is 4.42 Å². The van der Waals surface area contributed by atoms with Gasteiger partial charge in [-0.25, -0.2) is 4.98 Å². The maximum Gasteiger partial charge on any atom is 0.195 e. The lowest BCUT2D eigenvalue weighted by molar-refractivity contribution is 0.509. The quantitative estimate of drug-likeness (QED) is 0.785. The molecular formula is C13H18N2O. The highest BCUT2D eigenvalue weighted by atomic mass is 16.3. The molecule has 0 amide bonds. The van der Waals surface area contributed by atoms with Gasteiger partial charge in [0.1, 0.15) is 5.52 Å². The molecule has 0 radical (unpaired) electrons. The number of benzene rings is 1. The second kappa shape index (κ2) is 5.12. The predicted molar refractivity (Wildman–Crippen MR) is 65.4 cm³/mol. The van der Waals surface area contributed by atoms with Crippen LogP contribution in [0.2, 0.25) is 0 Å². The Kier molecular flexibility index (Phi) is 3.57. The van der Waals surface area contributed by atoms with E-state index in [0.717, 1.165) is 54.8 Å². The summed E-state index contributed by atoms with van der Waals surface area (Å²) in [5.74, 6) is 0.848. The summed E-state index contributed by atoms with van der Waals surface area (Å²) in [5.41, 5.74) is 8.49. The van der Waals surface area contributed by atoms with Gasteiger partial charge in [0.05, 0.1) is 0 Å². The van der Waals surface area contributed by atoms with Crippen LogP contribution in [-0.4, -0.2) is 11.5 Å². The number of fused-ring (bicyclic) bond motifs is 1. The molecule has 1 aromatic carbocycles. The molecule has 0 saturated heterocycles. The van der Waals surface area contributed by atoms with Crippen molar-refractivity contribution >= 4 is 11.1 Å². The van der Waals surface area contributed by atoms with Crippen LogP contribution in [0.15, 0.2) is 22.6 Å². The molecule has 0 unspecified atom stereocenters. The van der Waals surface area contributed by atoms with Gasteiger partial charge < -0.3 is 10.2 Å². The average Bonchev–Trinajstić information content (AvgIpc) is 2.69. The molecule has 0 spiro atoms. The fourth-order valence-corrected chi connectivity index (χ4v) is 1.84. The highest BCUT2D eigenvalue weighted by molar-refractivity contribution is 5.75. The van der Waals surface area contributed by atoms with Gasteiger partial charge >= 0.3 is 0 Å². The van der Waals surface area contributed by atoms with Gasteiger partial charge in [-0.2, -0.15) is 0 Å². The first-order valence-electron chi connectivity index (χ1n) is 5.86. The second-order valence-corrected chi connectivity index (χ2v) is 4.13. The lowest BCUT2D eigenvalue weighted by Gasteiger charge is -1.95. The number of hydrogen-bond acceptors (Lipinski definition) is 3. The topological polar surface area (TPSA) is 52.0 Å². The van der Waals surface area contributed by atoms with Crippen molar-refractivity contribution in [3.8, 4) is 0 Å².